The molecule has 4 heteroatoms. The van der Waals surface area contributed by atoms with Crippen molar-refractivity contribution in [3.63, 3.8) is 0 Å². The fraction of sp³-hybridized carbons (Fsp3) is 0.793. The molecule has 0 spiro atoms. The zero-order valence-corrected chi connectivity index (χ0v) is 22.8. The molecule has 8 atom stereocenters. The van der Waals surface area contributed by atoms with Gasteiger partial charge in [-0.1, -0.05) is 74.0 Å². The van der Waals surface area contributed by atoms with Gasteiger partial charge >= 0.3 is 0 Å². The van der Waals surface area contributed by atoms with E-state index in [1.54, 1.807) is 12.2 Å². The Labute approximate surface area is 202 Å². The SMILES string of the molecule is CC.CC.CC.CCC(=O)C1CCC2C3C[C@H](C)C4=CC(=O)C=CC4(C)[C@@]3(F)C(O)CC12C. The number of hydrogen-bond donors (Lipinski definition) is 1. The number of ketones is 2. The van der Waals surface area contributed by atoms with E-state index in [1.165, 1.54) is 6.08 Å². The molecule has 190 valence electrons. The highest BCUT2D eigenvalue weighted by molar-refractivity contribution is 6.01. The van der Waals surface area contributed by atoms with E-state index in [0.29, 0.717) is 19.3 Å². The zero-order valence-electron chi connectivity index (χ0n) is 22.8. The Morgan fingerprint density at radius 2 is 1.67 bits per heavy atom. The van der Waals surface area contributed by atoms with Crippen molar-refractivity contribution in [2.24, 2.45) is 34.5 Å². The van der Waals surface area contributed by atoms with Crippen LogP contribution in [0.25, 0.3) is 0 Å². The van der Waals surface area contributed by atoms with Gasteiger partial charge in [-0.2, -0.15) is 0 Å². The summed E-state index contributed by atoms with van der Waals surface area (Å²) in [5, 5.41) is 11.2. The average molecular weight is 465 g/mol. The molecule has 1 N–H and O–H groups in total. The molecule has 0 amide bonds. The maximum atomic E-state index is 16.9. The first-order valence-corrected chi connectivity index (χ1v) is 13.4. The van der Waals surface area contributed by atoms with Gasteiger partial charge in [-0.05, 0) is 62.0 Å². The van der Waals surface area contributed by atoms with Crippen LogP contribution in [0.3, 0.4) is 0 Å². The third kappa shape index (κ3) is 4.42. The molecule has 3 fully saturated rings. The minimum Gasteiger partial charge on any atom is -0.390 e. The molecule has 0 aromatic rings. The number of rotatable bonds is 2. The Morgan fingerprint density at radius 3 is 2.21 bits per heavy atom. The van der Waals surface area contributed by atoms with Gasteiger partial charge in [0.05, 0.1) is 6.10 Å². The van der Waals surface area contributed by atoms with Crippen molar-refractivity contribution in [2.45, 2.75) is 113 Å². The average Bonchev–Trinajstić information content (AvgIpc) is 3.17. The molecule has 4 rings (SSSR count). The van der Waals surface area contributed by atoms with Crippen LogP contribution >= 0.6 is 0 Å². The fourth-order valence-electron chi connectivity index (χ4n) is 7.37. The van der Waals surface area contributed by atoms with Crippen molar-refractivity contribution in [1.29, 1.82) is 0 Å². The van der Waals surface area contributed by atoms with Gasteiger partial charge in [0.1, 0.15) is 5.78 Å². The van der Waals surface area contributed by atoms with Gasteiger partial charge in [-0.15, -0.1) is 0 Å². The topological polar surface area (TPSA) is 54.4 Å². The summed E-state index contributed by atoms with van der Waals surface area (Å²) in [6, 6.07) is 0. The van der Waals surface area contributed by atoms with Crippen LogP contribution in [0.4, 0.5) is 4.39 Å². The maximum Gasteiger partial charge on any atom is 0.178 e. The number of fused-ring (bicyclic) bond motifs is 5. The highest BCUT2D eigenvalue weighted by Gasteiger charge is 2.71. The van der Waals surface area contributed by atoms with Gasteiger partial charge in [0.25, 0.3) is 0 Å². The first-order valence-electron chi connectivity index (χ1n) is 13.4. The summed E-state index contributed by atoms with van der Waals surface area (Å²) < 4.78 is 16.9. The Hall–Kier alpha value is -1.29. The highest BCUT2D eigenvalue weighted by atomic mass is 19.1. The lowest BCUT2D eigenvalue weighted by molar-refractivity contribution is -0.200. The van der Waals surface area contributed by atoms with Crippen molar-refractivity contribution in [2.75, 3.05) is 0 Å². The number of Topliss-reactive ketones (excluding diaryl/α,β-unsaturated/α-hetero) is 1. The Bertz CT molecular complexity index is 756. The normalized spacial score (nSPS) is 42.5. The summed E-state index contributed by atoms with van der Waals surface area (Å²) in [6.07, 6.45) is 6.70. The molecule has 0 aromatic carbocycles. The van der Waals surface area contributed by atoms with Crippen LogP contribution in [0.15, 0.2) is 23.8 Å². The van der Waals surface area contributed by atoms with E-state index in [0.717, 1.165) is 18.4 Å². The number of allylic oxidation sites excluding steroid dienone is 4. The van der Waals surface area contributed by atoms with Crippen LogP contribution in [0.1, 0.15) is 101 Å². The number of aliphatic hydroxyl groups is 1. The Balaban J connectivity index is 0.000000841. The van der Waals surface area contributed by atoms with E-state index in [2.05, 4.69) is 13.8 Å². The Morgan fingerprint density at radius 1 is 1.09 bits per heavy atom. The molecule has 0 aliphatic heterocycles. The second-order valence-electron chi connectivity index (χ2n) is 9.83. The molecule has 3 saturated carbocycles. The van der Waals surface area contributed by atoms with Crippen LogP contribution in [-0.2, 0) is 9.59 Å². The van der Waals surface area contributed by atoms with E-state index in [1.807, 2.05) is 55.4 Å². The first kappa shape index (κ1) is 29.7. The molecule has 0 radical (unpaired) electrons. The minimum absolute atomic E-state index is 0.0739. The third-order valence-electron chi connectivity index (χ3n) is 8.70. The summed E-state index contributed by atoms with van der Waals surface area (Å²) in [7, 11) is 0. The molecular weight excluding hydrogens is 415 g/mol. The quantitative estimate of drug-likeness (QED) is 0.467. The predicted molar refractivity (Wildman–Crippen MR) is 136 cm³/mol. The Kier molecular flexibility index (Phi) is 10.3. The number of hydrogen-bond acceptors (Lipinski definition) is 3. The lowest BCUT2D eigenvalue weighted by Gasteiger charge is -2.63. The molecule has 4 aliphatic rings. The standard InChI is InChI=1S/C23H31FO3.3C2H6/c1-5-19(26)16-7-6-15-18-10-13(2)17-11-14(25)8-9-22(17,4)23(18,24)20(27)12-21(15,16)3;3*1-2/h8-9,11,13,15-16,18,20,27H,5-7,10,12H2,1-4H3;3*1-2H3/t13-,15?,16?,18?,20?,21?,22?,23-;;;/m0.../s1. The lowest BCUT2D eigenvalue weighted by Crippen LogP contribution is -2.67. The van der Waals surface area contributed by atoms with Gasteiger partial charge < -0.3 is 5.11 Å². The number of alkyl halides is 1. The molecule has 0 heterocycles. The summed E-state index contributed by atoms with van der Waals surface area (Å²) in [5.74, 6) is -0.0315. The van der Waals surface area contributed by atoms with E-state index in [-0.39, 0.29) is 40.7 Å². The minimum atomic E-state index is -1.79. The van der Waals surface area contributed by atoms with Crippen LogP contribution in [-0.4, -0.2) is 28.4 Å². The van der Waals surface area contributed by atoms with Crippen molar-refractivity contribution >= 4 is 11.6 Å². The number of carbonyl (C=O) groups excluding carboxylic acids is 2. The summed E-state index contributed by atoms with van der Waals surface area (Å²) >= 11 is 0. The fourth-order valence-corrected chi connectivity index (χ4v) is 7.37. The summed E-state index contributed by atoms with van der Waals surface area (Å²) in [5.41, 5.74) is -2.28. The number of aliphatic hydroxyl groups excluding tert-OH is 1. The molecule has 0 bridgehead atoms. The second kappa shape index (κ2) is 11.4. The van der Waals surface area contributed by atoms with Crippen molar-refractivity contribution in [1.82, 2.24) is 0 Å². The summed E-state index contributed by atoms with van der Waals surface area (Å²) in [6.45, 7) is 19.9. The summed E-state index contributed by atoms with van der Waals surface area (Å²) in [4.78, 5) is 24.5. The van der Waals surface area contributed by atoms with Crippen LogP contribution in [0.2, 0.25) is 0 Å². The molecule has 4 aliphatic carbocycles. The smallest absolute Gasteiger partial charge is 0.178 e. The monoisotopic (exact) mass is 464 g/mol. The van der Waals surface area contributed by atoms with Crippen LogP contribution in [0, 0.1) is 34.5 Å². The second-order valence-corrected chi connectivity index (χ2v) is 9.83. The van der Waals surface area contributed by atoms with Crippen LogP contribution < -0.4 is 0 Å². The largest absolute Gasteiger partial charge is 0.390 e. The van der Waals surface area contributed by atoms with Gasteiger partial charge in [-0.3, -0.25) is 9.59 Å². The molecule has 0 aromatic heterocycles. The van der Waals surface area contributed by atoms with E-state index < -0.39 is 17.2 Å². The highest BCUT2D eigenvalue weighted by Crippen LogP contribution is 2.69. The molecule has 6 unspecified atom stereocenters. The van der Waals surface area contributed by atoms with Gasteiger partial charge in [0.15, 0.2) is 11.5 Å². The van der Waals surface area contributed by atoms with E-state index in [4.69, 9.17) is 0 Å². The molecule has 3 nitrogen and oxygen atoms in total. The third-order valence-corrected chi connectivity index (χ3v) is 8.70. The number of carbonyl (C=O) groups is 2. The van der Waals surface area contributed by atoms with E-state index >= 15 is 4.39 Å². The van der Waals surface area contributed by atoms with E-state index in [9.17, 15) is 14.7 Å². The molecule has 0 saturated heterocycles. The predicted octanol–water partition coefficient (Wildman–Crippen LogP) is 7.28. The van der Waals surface area contributed by atoms with Gasteiger partial charge in [0.2, 0.25) is 0 Å². The van der Waals surface area contributed by atoms with Crippen molar-refractivity contribution in [3.05, 3.63) is 23.8 Å². The van der Waals surface area contributed by atoms with Crippen molar-refractivity contribution in [3.8, 4) is 0 Å². The zero-order chi connectivity index (χ0) is 25.8. The first-order chi connectivity index (χ1) is 15.6. The molecular formula is C29H49FO3. The van der Waals surface area contributed by atoms with Crippen LogP contribution in [0.5, 0.6) is 0 Å². The maximum absolute atomic E-state index is 16.9. The van der Waals surface area contributed by atoms with Gasteiger partial charge in [0, 0.05) is 23.7 Å². The number of halogens is 1. The lowest BCUT2D eigenvalue weighted by atomic mass is 9.43. The van der Waals surface area contributed by atoms with Gasteiger partial charge in [-0.25, -0.2) is 4.39 Å². The molecule has 33 heavy (non-hydrogen) atoms. The van der Waals surface area contributed by atoms with Crippen molar-refractivity contribution < 1.29 is 19.1 Å².